The summed E-state index contributed by atoms with van der Waals surface area (Å²) in [5.41, 5.74) is 0. The zero-order valence-electron chi connectivity index (χ0n) is 58.2. The van der Waals surface area contributed by atoms with Crippen LogP contribution in [0.5, 0.6) is 0 Å². The van der Waals surface area contributed by atoms with Crippen molar-refractivity contribution in [3.8, 4) is 0 Å². The van der Waals surface area contributed by atoms with Gasteiger partial charge in [-0.25, -0.2) is 0 Å². The van der Waals surface area contributed by atoms with Crippen LogP contribution in [0.3, 0.4) is 0 Å². The average molecular weight is 1260 g/mol. The van der Waals surface area contributed by atoms with Gasteiger partial charge in [0.1, 0.15) is 6.61 Å². The molecule has 0 aromatic carbocycles. The Kier molecular flexibility index (Phi) is 73.1. The molecule has 0 aromatic heterocycles. The molecule has 0 saturated heterocycles. The van der Waals surface area contributed by atoms with Crippen molar-refractivity contribution in [2.75, 3.05) is 13.2 Å². The Morgan fingerprint density at radius 2 is 0.435 bits per heavy atom. The Balaban J connectivity index is 3.68. The Bertz CT molecular complexity index is 2310. The van der Waals surface area contributed by atoms with Crippen LogP contribution in [-0.2, 0) is 19.1 Å². The largest absolute Gasteiger partial charge is 0.462 e. The topological polar surface area (TPSA) is 72.8 Å². The first kappa shape index (κ1) is 85.4. The van der Waals surface area contributed by atoms with E-state index in [1.54, 1.807) is 0 Å². The molecule has 5 heteroatoms. The minimum Gasteiger partial charge on any atom is -0.462 e. The molecule has 0 aliphatic rings. The molecule has 5 nitrogen and oxygen atoms in total. The highest BCUT2D eigenvalue weighted by molar-refractivity contribution is 5.70. The van der Waals surface area contributed by atoms with Gasteiger partial charge in [-0.05, 0) is 173 Å². The number of esters is 2. The molecule has 0 spiro atoms. The summed E-state index contributed by atoms with van der Waals surface area (Å²) in [6.07, 6.45) is 131. The minimum absolute atomic E-state index is 0.0954. The van der Waals surface area contributed by atoms with E-state index in [-0.39, 0.29) is 25.2 Å². The highest BCUT2D eigenvalue weighted by atomic mass is 16.6. The van der Waals surface area contributed by atoms with Crippen molar-refractivity contribution >= 4 is 11.9 Å². The van der Waals surface area contributed by atoms with Crippen molar-refractivity contribution in [1.29, 1.82) is 0 Å². The SMILES string of the molecule is CC/C=C\C/C=C\C/C=C\C/C=C\C/C=C\C/C=C\C/C=C\C/C=C\C/C=C\C/C=C\C/C=C\CCCCCCCC(=O)OC(CO)COC(=O)CCCCCCCCCC/C=C\C/C=C\C/C=C\C/C=C\C/C=C\C/C=C\C/C=C\C/C=C\C/C=C\C/C=C\CC. The molecule has 0 heterocycles. The quantitative estimate of drug-likeness (QED) is 0.0373. The van der Waals surface area contributed by atoms with Crippen molar-refractivity contribution < 1.29 is 24.2 Å². The van der Waals surface area contributed by atoms with Gasteiger partial charge in [0.05, 0.1) is 6.61 Å². The highest BCUT2D eigenvalue weighted by Crippen LogP contribution is 2.13. The van der Waals surface area contributed by atoms with Crippen LogP contribution in [-0.4, -0.2) is 36.4 Å². The second-order valence-corrected chi connectivity index (χ2v) is 22.8. The zero-order valence-corrected chi connectivity index (χ0v) is 58.2. The first-order valence-electron chi connectivity index (χ1n) is 36.2. The zero-order chi connectivity index (χ0) is 66.1. The van der Waals surface area contributed by atoms with Crippen molar-refractivity contribution in [2.24, 2.45) is 0 Å². The van der Waals surface area contributed by atoms with Crippen LogP contribution in [0.15, 0.2) is 255 Å². The average Bonchev–Trinajstić information content (AvgIpc) is 3.75. The van der Waals surface area contributed by atoms with E-state index in [2.05, 4.69) is 269 Å². The van der Waals surface area contributed by atoms with Crippen LogP contribution < -0.4 is 0 Å². The third-order valence-corrected chi connectivity index (χ3v) is 14.3. The first-order chi connectivity index (χ1) is 45.6. The van der Waals surface area contributed by atoms with Crippen LogP contribution in [0.25, 0.3) is 0 Å². The van der Waals surface area contributed by atoms with Crippen LogP contribution in [0.4, 0.5) is 0 Å². The molecule has 1 N–H and O–H groups in total. The fourth-order valence-corrected chi connectivity index (χ4v) is 9.00. The number of hydrogen-bond acceptors (Lipinski definition) is 5. The highest BCUT2D eigenvalue weighted by Gasteiger charge is 2.16. The molecule has 0 aliphatic carbocycles. The lowest BCUT2D eigenvalue weighted by Gasteiger charge is -2.15. The van der Waals surface area contributed by atoms with Crippen LogP contribution in [0, 0.1) is 0 Å². The van der Waals surface area contributed by atoms with E-state index in [0.29, 0.717) is 12.8 Å². The number of carbonyl (C=O) groups is 2. The Morgan fingerprint density at radius 1 is 0.250 bits per heavy atom. The van der Waals surface area contributed by atoms with Gasteiger partial charge in [-0.2, -0.15) is 0 Å². The van der Waals surface area contributed by atoms with Crippen molar-refractivity contribution in [3.05, 3.63) is 255 Å². The maximum Gasteiger partial charge on any atom is 0.306 e. The number of unbranched alkanes of at least 4 members (excludes halogenated alkanes) is 13. The van der Waals surface area contributed by atoms with Crippen LogP contribution in [0.2, 0.25) is 0 Å². The summed E-state index contributed by atoms with van der Waals surface area (Å²) in [6.45, 7) is 3.87. The van der Waals surface area contributed by atoms with Crippen molar-refractivity contribution in [3.63, 3.8) is 0 Å². The summed E-state index contributed by atoms with van der Waals surface area (Å²) < 4.78 is 10.7. The summed E-state index contributed by atoms with van der Waals surface area (Å²) >= 11 is 0. The number of carbonyl (C=O) groups excluding carboxylic acids is 2. The Labute approximate surface area is 565 Å². The predicted molar refractivity (Wildman–Crippen MR) is 407 cm³/mol. The molecular weight excluding hydrogens is 1120 g/mol. The molecule has 92 heavy (non-hydrogen) atoms. The molecular formula is C87H130O5. The molecule has 0 bridgehead atoms. The third kappa shape index (κ3) is 75.9. The summed E-state index contributed by atoms with van der Waals surface area (Å²) in [5.74, 6) is -0.641. The van der Waals surface area contributed by atoms with Gasteiger partial charge >= 0.3 is 11.9 Å². The second kappa shape index (κ2) is 78.7. The third-order valence-electron chi connectivity index (χ3n) is 14.3. The molecule has 0 amide bonds. The normalized spacial score (nSPS) is 13.8. The lowest BCUT2D eigenvalue weighted by atomic mass is 10.1. The molecule has 1 atom stereocenters. The van der Waals surface area contributed by atoms with Crippen molar-refractivity contribution in [1.82, 2.24) is 0 Å². The molecule has 0 radical (unpaired) electrons. The van der Waals surface area contributed by atoms with Gasteiger partial charge in [0.25, 0.3) is 0 Å². The Morgan fingerprint density at radius 3 is 0.652 bits per heavy atom. The number of hydrogen-bond donors (Lipinski definition) is 1. The number of rotatable bonds is 63. The number of ether oxygens (including phenoxy) is 2. The van der Waals surface area contributed by atoms with E-state index in [1.165, 1.54) is 32.1 Å². The second-order valence-electron chi connectivity index (χ2n) is 22.8. The summed E-state index contributed by atoms with van der Waals surface area (Å²) in [7, 11) is 0. The van der Waals surface area contributed by atoms with Crippen molar-refractivity contribution in [2.45, 2.75) is 264 Å². The fourth-order valence-electron chi connectivity index (χ4n) is 9.00. The Hall–Kier alpha value is -6.56. The standard InChI is InChI=1S/C87H130O5/c1-3-5-7-9-11-13-15-17-19-21-23-25-27-29-31-33-35-37-39-41-43-45-47-49-51-53-55-57-59-61-63-65-67-69-71-73-75-77-79-81-86(89)91-84-85(83-88)92-87(90)82-80-78-76-74-72-70-68-66-64-62-60-58-56-54-52-50-48-46-44-42-40-38-36-34-32-30-28-26-24-22-20-18-16-14-12-10-8-6-4-2/h5-8,11-14,17-20,23-26,29-32,35-38,41-44,47-50,53-56,59-62,66,68,85,88H,3-4,9-10,15-16,21-22,27-28,33-34,39-40,45-46,51-52,57-58,63-65,67,69-84H2,1-2H3/b7-5-,8-6-,13-11-,14-12-,19-17-,20-18-,25-23-,26-24-,31-29-,32-30-,37-35-,38-36-,43-41-,44-42-,49-47-,50-48-,55-53-,56-54-,61-59-,62-60-,68-66-. The molecule has 0 rings (SSSR count). The molecule has 0 aliphatic heterocycles. The number of allylic oxidation sites excluding steroid dienone is 42. The smallest absolute Gasteiger partial charge is 0.306 e. The van der Waals surface area contributed by atoms with Gasteiger partial charge in [-0.1, -0.05) is 327 Å². The lowest BCUT2D eigenvalue weighted by molar-refractivity contribution is -0.161. The van der Waals surface area contributed by atoms with E-state index in [0.717, 1.165) is 199 Å². The first-order valence-corrected chi connectivity index (χ1v) is 36.2. The molecule has 508 valence electrons. The van der Waals surface area contributed by atoms with E-state index >= 15 is 0 Å². The molecule has 1 unspecified atom stereocenters. The molecule has 0 saturated carbocycles. The monoisotopic (exact) mass is 1250 g/mol. The number of aliphatic hydroxyl groups is 1. The fraction of sp³-hybridized carbons (Fsp3) is 0.494. The van der Waals surface area contributed by atoms with Gasteiger partial charge in [0.2, 0.25) is 0 Å². The van der Waals surface area contributed by atoms with Gasteiger partial charge < -0.3 is 14.6 Å². The van der Waals surface area contributed by atoms with Gasteiger partial charge in [0.15, 0.2) is 6.10 Å². The number of aliphatic hydroxyl groups excluding tert-OH is 1. The van der Waals surface area contributed by atoms with Gasteiger partial charge in [0, 0.05) is 12.8 Å². The van der Waals surface area contributed by atoms with Crippen LogP contribution in [0.1, 0.15) is 258 Å². The van der Waals surface area contributed by atoms with Gasteiger partial charge in [-0.3, -0.25) is 9.59 Å². The summed E-state index contributed by atoms with van der Waals surface area (Å²) in [6, 6.07) is 0. The van der Waals surface area contributed by atoms with Gasteiger partial charge in [-0.15, -0.1) is 0 Å². The van der Waals surface area contributed by atoms with E-state index in [1.807, 2.05) is 0 Å². The molecule has 0 fully saturated rings. The van der Waals surface area contributed by atoms with E-state index < -0.39 is 6.10 Å². The molecule has 0 aromatic rings. The van der Waals surface area contributed by atoms with E-state index in [9.17, 15) is 14.7 Å². The maximum absolute atomic E-state index is 12.4. The summed E-state index contributed by atoms with van der Waals surface area (Å²) in [4.78, 5) is 24.7. The minimum atomic E-state index is -0.809. The van der Waals surface area contributed by atoms with Crippen LogP contribution >= 0.6 is 0 Å². The summed E-state index contributed by atoms with van der Waals surface area (Å²) in [5, 5.41) is 9.71. The maximum atomic E-state index is 12.4. The predicted octanol–water partition coefficient (Wildman–Crippen LogP) is 26.0. The van der Waals surface area contributed by atoms with E-state index in [4.69, 9.17) is 9.47 Å². The lowest BCUT2D eigenvalue weighted by Crippen LogP contribution is -2.28.